The van der Waals surface area contributed by atoms with Crippen molar-refractivity contribution in [2.75, 3.05) is 7.11 Å². The Hall–Kier alpha value is -0.870. The molecule has 106 valence electrons. The van der Waals surface area contributed by atoms with Gasteiger partial charge in [-0.2, -0.15) is 5.10 Å². The van der Waals surface area contributed by atoms with Crippen molar-refractivity contribution in [1.82, 2.24) is 15.1 Å². The molecule has 2 aliphatic carbocycles. The van der Waals surface area contributed by atoms with Crippen molar-refractivity contribution in [3.63, 3.8) is 0 Å². The van der Waals surface area contributed by atoms with Gasteiger partial charge in [0.2, 0.25) is 0 Å². The van der Waals surface area contributed by atoms with Crippen molar-refractivity contribution in [2.24, 2.45) is 12.5 Å². The lowest BCUT2D eigenvalue weighted by molar-refractivity contribution is -0.101. The Labute approximate surface area is 115 Å². The summed E-state index contributed by atoms with van der Waals surface area (Å²) < 4.78 is 7.57. The molecular weight excluding hydrogens is 238 g/mol. The molecule has 0 spiro atoms. The summed E-state index contributed by atoms with van der Waals surface area (Å²) >= 11 is 0. The molecule has 3 unspecified atom stereocenters. The van der Waals surface area contributed by atoms with Gasteiger partial charge in [0, 0.05) is 42.9 Å². The van der Waals surface area contributed by atoms with E-state index in [4.69, 9.17) is 4.74 Å². The summed E-state index contributed by atoms with van der Waals surface area (Å²) in [7, 11) is 3.87. The largest absolute Gasteiger partial charge is 0.381 e. The Morgan fingerprint density at radius 3 is 2.95 bits per heavy atom. The van der Waals surface area contributed by atoms with Gasteiger partial charge in [-0.15, -0.1) is 0 Å². The first-order valence-corrected chi connectivity index (χ1v) is 7.33. The van der Waals surface area contributed by atoms with Crippen LogP contribution in [0.25, 0.3) is 0 Å². The molecule has 0 saturated heterocycles. The molecule has 1 saturated carbocycles. The van der Waals surface area contributed by atoms with Gasteiger partial charge in [-0.25, -0.2) is 0 Å². The normalized spacial score (nSPS) is 32.7. The molecule has 1 aromatic heterocycles. The maximum atomic E-state index is 5.54. The Morgan fingerprint density at radius 2 is 2.26 bits per heavy atom. The van der Waals surface area contributed by atoms with E-state index in [-0.39, 0.29) is 5.41 Å². The number of rotatable bonds is 3. The van der Waals surface area contributed by atoms with E-state index < -0.39 is 0 Å². The zero-order valence-electron chi connectivity index (χ0n) is 12.4. The lowest BCUT2D eigenvalue weighted by Gasteiger charge is -2.52. The van der Waals surface area contributed by atoms with E-state index in [0.29, 0.717) is 18.2 Å². The smallest absolute Gasteiger partial charge is 0.0652 e. The fourth-order valence-electron chi connectivity index (χ4n) is 3.69. The van der Waals surface area contributed by atoms with Gasteiger partial charge in [0.15, 0.2) is 0 Å². The molecule has 0 aromatic carbocycles. The fourth-order valence-corrected chi connectivity index (χ4v) is 3.69. The number of hydrogen-bond acceptors (Lipinski definition) is 3. The number of aromatic nitrogens is 2. The average Bonchev–Trinajstić information content (AvgIpc) is 2.77. The van der Waals surface area contributed by atoms with Crippen LogP contribution in [-0.2, 0) is 18.2 Å². The van der Waals surface area contributed by atoms with E-state index >= 15 is 0 Å². The zero-order valence-corrected chi connectivity index (χ0v) is 12.4. The molecule has 3 rings (SSSR count). The van der Waals surface area contributed by atoms with E-state index in [1.165, 1.54) is 30.5 Å². The Morgan fingerprint density at radius 1 is 1.47 bits per heavy atom. The van der Waals surface area contributed by atoms with Gasteiger partial charge in [-0.3, -0.25) is 4.68 Å². The van der Waals surface area contributed by atoms with E-state index in [1.807, 2.05) is 18.0 Å². The van der Waals surface area contributed by atoms with E-state index in [2.05, 4.69) is 31.3 Å². The minimum absolute atomic E-state index is 0.231. The molecule has 1 N–H and O–H groups in total. The quantitative estimate of drug-likeness (QED) is 0.908. The molecule has 19 heavy (non-hydrogen) atoms. The SMILES string of the molecule is COC1CC(NC2CCCc3c2cnn3C)C1(C)C. The van der Waals surface area contributed by atoms with Crippen LogP contribution < -0.4 is 5.32 Å². The third-order valence-corrected chi connectivity index (χ3v) is 5.24. The average molecular weight is 263 g/mol. The van der Waals surface area contributed by atoms with Crippen LogP contribution in [0.3, 0.4) is 0 Å². The van der Waals surface area contributed by atoms with Crippen molar-refractivity contribution in [2.45, 2.75) is 57.7 Å². The van der Waals surface area contributed by atoms with Gasteiger partial charge in [0.05, 0.1) is 12.3 Å². The molecule has 0 radical (unpaired) electrons. The summed E-state index contributed by atoms with van der Waals surface area (Å²) in [6.07, 6.45) is 7.20. The number of fused-ring (bicyclic) bond motifs is 1. The third kappa shape index (κ3) is 2.01. The lowest BCUT2D eigenvalue weighted by atomic mass is 9.64. The van der Waals surface area contributed by atoms with Gasteiger partial charge in [-0.1, -0.05) is 13.8 Å². The highest BCUT2D eigenvalue weighted by atomic mass is 16.5. The first-order chi connectivity index (χ1) is 9.04. The minimum Gasteiger partial charge on any atom is -0.381 e. The standard InChI is InChI=1S/C15H25N3O/c1-15(2)13(8-14(15)19-4)17-11-6-5-7-12-10(11)9-16-18(12)3/h9,11,13-14,17H,5-8H2,1-4H3. The van der Waals surface area contributed by atoms with Crippen molar-refractivity contribution < 1.29 is 4.74 Å². The van der Waals surface area contributed by atoms with Crippen LogP contribution in [-0.4, -0.2) is 29.0 Å². The highest BCUT2D eigenvalue weighted by molar-refractivity contribution is 5.25. The molecule has 0 aliphatic heterocycles. The van der Waals surface area contributed by atoms with Crippen LogP contribution in [0.2, 0.25) is 0 Å². The second-order valence-electron chi connectivity index (χ2n) is 6.62. The van der Waals surface area contributed by atoms with Crippen molar-refractivity contribution in [3.05, 3.63) is 17.5 Å². The summed E-state index contributed by atoms with van der Waals surface area (Å²) in [6.45, 7) is 4.60. The number of nitrogens with one attached hydrogen (secondary N) is 1. The Kier molecular flexibility index (Phi) is 3.18. The molecular formula is C15H25N3O. The minimum atomic E-state index is 0.231. The molecule has 3 atom stereocenters. The van der Waals surface area contributed by atoms with Crippen molar-refractivity contribution in [3.8, 4) is 0 Å². The first-order valence-electron chi connectivity index (χ1n) is 7.33. The summed E-state index contributed by atoms with van der Waals surface area (Å²) in [6, 6.07) is 1.02. The molecule has 0 amide bonds. The molecule has 4 heteroatoms. The van der Waals surface area contributed by atoms with Gasteiger partial charge in [-0.05, 0) is 25.7 Å². The summed E-state index contributed by atoms with van der Waals surface area (Å²) in [5.41, 5.74) is 3.05. The predicted octanol–water partition coefficient (Wildman–Crippen LogP) is 2.20. The molecule has 0 bridgehead atoms. The lowest BCUT2D eigenvalue weighted by Crippen LogP contribution is -2.61. The fraction of sp³-hybridized carbons (Fsp3) is 0.800. The van der Waals surface area contributed by atoms with Crippen LogP contribution in [0.1, 0.15) is 50.4 Å². The van der Waals surface area contributed by atoms with Crippen molar-refractivity contribution in [1.29, 1.82) is 0 Å². The van der Waals surface area contributed by atoms with Crippen LogP contribution in [0.15, 0.2) is 6.20 Å². The maximum Gasteiger partial charge on any atom is 0.0652 e. The van der Waals surface area contributed by atoms with Gasteiger partial charge in [0.25, 0.3) is 0 Å². The van der Waals surface area contributed by atoms with Crippen LogP contribution in [0.4, 0.5) is 0 Å². The van der Waals surface area contributed by atoms with Gasteiger partial charge < -0.3 is 10.1 Å². The monoisotopic (exact) mass is 263 g/mol. The maximum absolute atomic E-state index is 5.54. The number of hydrogen-bond donors (Lipinski definition) is 1. The molecule has 4 nitrogen and oxygen atoms in total. The second kappa shape index (κ2) is 4.60. The topological polar surface area (TPSA) is 39.1 Å². The Balaban J connectivity index is 1.72. The van der Waals surface area contributed by atoms with E-state index in [0.717, 1.165) is 6.42 Å². The Bertz CT molecular complexity index is 466. The first kappa shape index (κ1) is 13.1. The van der Waals surface area contributed by atoms with Crippen LogP contribution in [0.5, 0.6) is 0 Å². The highest BCUT2D eigenvalue weighted by Crippen LogP contribution is 2.44. The van der Waals surface area contributed by atoms with Crippen LogP contribution in [0, 0.1) is 5.41 Å². The number of ether oxygens (including phenoxy) is 1. The third-order valence-electron chi connectivity index (χ3n) is 5.24. The molecule has 1 aromatic rings. The summed E-state index contributed by atoms with van der Waals surface area (Å²) in [5.74, 6) is 0. The summed E-state index contributed by atoms with van der Waals surface area (Å²) in [5, 5.41) is 8.27. The van der Waals surface area contributed by atoms with Crippen molar-refractivity contribution >= 4 is 0 Å². The summed E-state index contributed by atoms with van der Waals surface area (Å²) in [4.78, 5) is 0. The second-order valence-corrected chi connectivity index (χ2v) is 6.62. The number of methoxy groups -OCH3 is 1. The number of nitrogens with zero attached hydrogens (tertiary/aromatic N) is 2. The molecule has 1 heterocycles. The highest BCUT2D eigenvalue weighted by Gasteiger charge is 2.49. The van der Waals surface area contributed by atoms with Gasteiger partial charge in [0.1, 0.15) is 0 Å². The van der Waals surface area contributed by atoms with E-state index in [9.17, 15) is 0 Å². The number of aryl methyl sites for hydroxylation is 1. The zero-order chi connectivity index (χ0) is 13.6. The molecule has 2 aliphatic rings. The molecule has 1 fully saturated rings. The van der Waals surface area contributed by atoms with Crippen LogP contribution >= 0.6 is 0 Å². The van der Waals surface area contributed by atoms with Gasteiger partial charge >= 0.3 is 0 Å². The predicted molar refractivity (Wildman–Crippen MR) is 75.0 cm³/mol. The van der Waals surface area contributed by atoms with E-state index in [1.54, 1.807) is 0 Å².